The third-order valence-corrected chi connectivity index (χ3v) is 4.00. The van der Waals surface area contributed by atoms with Gasteiger partial charge >= 0.3 is 6.18 Å². The Morgan fingerprint density at radius 1 is 1.42 bits per heavy atom. The van der Waals surface area contributed by atoms with Crippen LogP contribution in [0.1, 0.15) is 24.0 Å². The van der Waals surface area contributed by atoms with Gasteiger partial charge in [-0.2, -0.15) is 18.4 Å². The predicted octanol–water partition coefficient (Wildman–Crippen LogP) is 3.85. The van der Waals surface area contributed by atoms with Crippen molar-refractivity contribution in [3.63, 3.8) is 0 Å². The maximum absolute atomic E-state index is 12.8. The van der Waals surface area contributed by atoms with Gasteiger partial charge in [-0.3, -0.25) is 0 Å². The average molecular weight is 287 g/mol. The van der Waals surface area contributed by atoms with E-state index >= 15 is 0 Å². The van der Waals surface area contributed by atoms with E-state index in [1.807, 2.05) is 0 Å². The largest absolute Gasteiger partial charge is 0.417 e. The first kappa shape index (κ1) is 14.2. The molecule has 1 saturated heterocycles. The molecule has 2 rings (SSSR count). The molecule has 1 heterocycles. The Morgan fingerprint density at radius 2 is 2.21 bits per heavy atom. The lowest BCUT2D eigenvalue weighted by Crippen LogP contribution is -2.09. The van der Waals surface area contributed by atoms with Gasteiger partial charge in [0, 0.05) is 17.3 Å². The minimum Gasteiger partial charge on any atom is -0.377 e. The summed E-state index contributed by atoms with van der Waals surface area (Å²) in [7, 11) is 0. The van der Waals surface area contributed by atoms with Crippen LogP contribution < -0.4 is 0 Å². The fraction of sp³-hybridized carbons (Fsp3) is 0.462. The quantitative estimate of drug-likeness (QED) is 0.792. The van der Waals surface area contributed by atoms with E-state index in [1.165, 1.54) is 17.8 Å². The molecule has 102 valence electrons. The number of hydrogen-bond acceptors (Lipinski definition) is 3. The normalized spacial score (nSPS) is 19.4. The van der Waals surface area contributed by atoms with Crippen LogP contribution in [0.25, 0.3) is 0 Å². The van der Waals surface area contributed by atoms with E-state index in [1.54, 1.807) is 12.1 Å². The van der Waals surface area contributed by atoms with E-state index in [-0.39, 0.29) is 11.7 Å². The zero-order valence-electron chi connectivity index (χ0n) is 10.0. The van der Waals surface area contributed by atoms with E-state index in [2.05, 4.69) is 0 Å². The molecule has 2 nitrogen and oxygen atoms in total. The molecule has 1 unspecified atom stereocenters. The van der Waals surface area contributed by atoms with Crippen LogP contribution in [0.15, 0.2) is 23.1 Å². The van der Waals surface area contributed by atoms with Crippen LogP contribution in [-0.4, -0.2) is 18.5 Å². The minimum absolute atomic E-state index is 0.120. The maximum atomic E-state index is 12.8. The number of halogens is 3. The van der Waals surface area contributed by atoms with Gasteiger partial charge in [0.2, 0.25) is 0 Å². The van der Waals surface area contributed by atoms with E-state index in [0.29, 0.717) is 10.6 Å². The van der Waals surface area contributed by atoms with Crippen molar-refractivity contribution in [1.82, 2.24) is 0 Å². The van der Waals surface area contributed by atoms with Crippen molar-refractivity contribution in [3.05, 3.63) is 29.3 Å². The monoisotopic (exact) mass is 287 g/mol. The summed E-state index contributed by atoms with van der Waals surface area (Å²) in [5.74, 6) is 0.642. The lowest BCUT2D eigenvalue weighted by molar-refractivity contribution is -0.137. The molecule has 6 heteroatoms. The van der Waals surface area contributed by atoms with Crippen molar-refractivity contribution >= 4 is 11.8 Å². The first-order chi connectivity index (χ1) is 9.00. The van der Waals surface area contributed by atoms with Crippen molar-refractivity contribution < 1.29 is 17.9 Å². The molecule has 1 aliphatic heterocycles. The fourth-order valence-electron chi connectivity index (χ4n) is 1.91. The summed E-state index contributed by atoms with van der Waals surface area (Å²) in [5, 5.41) is 8.70. The Balaban J connectivity index is 2.11. The smallest absolute Gasteiger partial charge is 0.377 e. The fourth-order valence-corrected chi connectivity index (χ4v) is 2.92. The Bertz CT molecular complexity index is 490. The summed E-state index contributed by atoms with van der Waals surface area (Å²) in [4.78, 5) is 0.516. The van der Waals surface area contributed by atoms with Gasteiger partial charge < -0.3 is 4.74 Å². The van der Waals surface area contributed by atoms with Gasteiger partial charge in [0.05, 0.1) is 23.3 Å². The Labute approximate surface area is 113 Å². The molecule has 0 amide bonds. The van der Waals surface area contributed by atoms with Gasteiger partial charge in [0.1, 0.15) is 0 Å². The number of ether oxygens (including phenoxy) is 1. The highest BCUT2D eigenvalue weighted by Gasteiger charge is 2.33. The molecule has 1 atom stereocenters. The Kier molecular flexibility index (Phi) is 4.38. The van der Waals surface area contributed by atoms with Crippen molar-refractivity contribution in [3.8, 4) is 6.07 Å². The molecular formula is C13H12F3NOS. The van der Waals surface area contributed by atoms with Gasteiger partial charge in [-0.05, 0) is 31.0 Å². The predicted molar refractivity (Wildman–Crippen MR) is 65.9 cm³/mol. The standard InChI is InChI=1S/C13H12F3NOS/c14-13(15,16)12-6-11(4-3-9(12)7-17)19-8-10-2-1-5-18-10/h3-4,6,10H,1-2,5,8H2. The zero-order valence-corrected chi connectivity index (χ0v) is 10.9. The Morgan fingerprint density at radius 3 is 2.79 bits per heavy atom. The van der Waals surface area contributed by atoms with Crippen molar-refractivity contribution in [2.45, 2.75) is 30.0 Å². The number of alkyl halides is 3. The first-order valence-electron chi connectivity index (χ1n) is 5.86. The second-order valence-corrected chi connectivity index (χ2v) is 5.36. The van der Waals surface area contributed by atoms with Gasteiger partial charge in [-0.25, -0.2) is 0 Å². The van der Waals surface area contributed by atoms with Gasteiger partial charge in [0.15, 0.2) is 0 Å². The number of nitrogens with zero attached hydrogens (tertiary/aromatic N) is 1. The van der Waals surface area contributed by atoms with Crippen LogP contribution in [0.3, 0.4) is 0 Å². The molecule has 1 fully saturated rings. The third kappa shape index (κ3) is 3.64. The molecule has 0 aliphatic carbocycles. The maximum Gasteiger partial charge on any atom is 0.417 e. The first-order valence-corrected chi connectivity index (χ1v) is 6.85. The molecular weight excluding hydrogens is 275 g/mol. The van der Waals surface area contributed by atoms with E-state index < -0.39 is 11.7 Å². The molecule has 1 aromatic carbocycles. The zero-order chi connectivity index (χ0) is 13.9. The highest BCUT2D eigenvalue weighted by atomic mass is 32.2. The summed E-state index contributed by atoms with van der Waals surface area (Å²) in [6.07, 6.45) is -2.41. The molecule has 0 spiro atoms. The second-order valence-electron chi connectivity index (χ2n) is 4.26. The van der Waals surface area contributed by atoms with Crippen LogP contribution in [0.4, 0.5) is 13.2 Å². The van der Waals surface area contributed by atoms with Crippen molar-refractivity contribution in [2.24, 2.45) is 0 Å². The summed E-state index contributed by atoms with van der Waals surface area (Å²) in [6, 6.07) is 5.38. The van der Waals surface area contributed by atoms with Crippen LogP contribution >= 0.6 is 11.8 Å². The van der Waals surface area contributed by atoms with Crippen molar-refractivity contribution in [1.29, 1.82) is 5.26 Å². The minimum atomic E-state index is -4.49. The van der Waals surface area contributed by atoms with Gasteiger partial charge in [-0.15, -0.1) is 11.8 Å². The number of benzene rings is 1. The van der Waals surface area contributed by atoms with Crippen LogP contribution in [-0.2, 0) is 10.9 Å². The van der Waals surface area contributed by atoms with E-state index in [4.69, 9.17) is 10.00 Å². The van der Waals surface area contributed by atoms with Gasteiger partial charge in [-0.1, -0.05) is 0 Å². The summed E-state index contributed by atoms with van der Waals surface area (Å²) >= 11 is 1.33. The van der Waals surface area contributed by atoms with Crippen LogP contribution in [0.5, 0.6) is 0 Å². The molecule has 0 aromatic heterocycles. The average Bonchev–Trinajstić information content (AvgIpc) is 2.88. The number of hydrogen-bond donors (Lipinski definition) is 0. The number of rotatable bonds is 3. The molecule has 1 aliphatic rings. The topological polar surface area (TPSA) is 33.0 Å². The molecule has 0 radical (unpaired) electrons. The van der Waals surface area contributed by atoms with E-state index in [9.17, 15) is 13.2 Å². The summed E-state index contributed by atoms with van der Waals surface area (Å²) in [5.41, 5.74) is -1.21. The van der Waals surface area contributed by atoms with Gasteiger partial charge in [0.25, 0.3) is 0 Å². The highest BCUT2D eigenvalue weighted by Crippen LogP contribution is 2.35. The second kappa shape index (κ2) is 5.85. The number of thioether (sulfide) groups is 1. The third-order valence-electron chi connectivity index (χ3n) is 2.88. The highest BCUT2D eigenvalue weighted by molar-refractivity contribution is 7.99. The molecule has 0 N–H and O–H groups in total. The molecule has 19 heavy (non-hydrogen) atoms. The van der Waals surface area contributed by atoms with Crippen LogP contribution in [0.2, 0.25) is 0 Å². The van der Waals surface area contributed by atoms with Crippen molar-refractivity contribution in [2.75, 3.05) is 12.4 Å². The molecule has 0 bridgehead atoms. The van der Waals surface area contributed by atoms with E-state index in [0.717, 1.165) is 25.5 Å². The molecule has 0 saturated carbocycles. The lowest BCUT2D eigenvalue weighted by Gasteiger charge is -2.12. The molecule has 1 aromatic rings. The Hall–Kier alpha value is -1.19. The summed E-state index contributed by atoms with van der Waals surface area (Å²) < 4.78 is 43.7. The number of nitriles is 1. The van der Waals surface area contributed by atoms with Crippen LogP contribution in [0, 0.1) is 11.3 Å². The summed E-state index contributed by atoms with van der Waals surface area (Å²) in [6.45, 7) is 0.729. The SMILES string of the molecule is N#Cc1ccc(SCC2CCCO2)cc1C(F)(F)F. The lowest BCUT2D eigenvalue weighted by atomic mass is 10.1.